The van der Waals surface area contributed by atoms with E-state index in [-0.39, 0.29) is 6.15 Å². The van der Waals surface area contributed by atoms with Crippen molar-refractivity contribution in [1.29, 1.82) is 0 Å². The van der Waals surface area contributed by atoms with Crippen LogP contribution in [0.3, 0.4) is 0 Å². The van der Waals surface area contributed by atoms with E-state index in [0.717, 1.165) is 19.0 Å². The van der Waals surface area contributed by atoms with Gasteiger partial charge in [-0.05, 0) is 19.1 Å². The third-order valence-corrected chi connectivity index (χ3v) is 4.70. The Hall–Kier alpha value is 0.0569. The molecule has 0 aliphatic carbocycles. The molecule has 0 aromatic heterocycles. The van der Waals surface area contributed by atoms with Crippen LogP contribution in [0.15, 0.2) is 0 Å². The average molecular weight is 210 g/mol. The van der Waals surface area contributed by atoms with E-state index in [0.29, 0.717) is 0 Å². The summed E-state index contributed by atoms with van der Waals surface area (Å²) in [5.41, 5.74) is 4.85. The first-order valence-electron chi connectivity index (χ1n) is 4.40. The highest BCUT2D eigenvalue weighted by Crippen LogP contribution is 2.12. The third kappa shape index (κ3) is 12.1. The fraction of sp³-hybridized carbons (Fsp3) is 1.00. The van der Waals surface area contributed by atoms with Crippen molar-refractivity contribution in [2.75, 3.05) is 20.8 Å². The molecule has 13 heavy (non-hydrogen) atoms. The van der Waals surface area contributed by atoms with Crippen LogP contribution in [0.5, 0.6) is 0 Å². The van der Waals surface area contributed by atoms with Gasteiger partial charge in [0.05, 0.1) is 0 Å². The van der Waals surface area contributed by atoms with Crippen LogP contribution in [0.2, 0.25) is 12.6 Å². The molecule has 0 aromatic rings. The lowest BCUT2D eigenvalue weighted by Crippen LogP contribution is -2.35. The predicted molar refractivity (Wildman–Crippen MR) is 60.5 cm³/mol. The summed E-state index contributed by atoms with van der Waals surface area (Å²) in [5, 5.41) is 0. The highest BCUT2D eigenvalue weighted by atomic mass is 28.4. The molecule has 0 fully saturated rings. The fourth-order valence-corrected chi connectivity index (χ4v) is 2.22. The Morgan fingerprint density at radius 2 is 1.46 bits per heavy atom. The zero-order chi connectivity index (χ0) is 10.0. The number of nitrogens with two attached hydrogens (primary N) is 1. The maximum atomic E-state index is 5.24. The third-order valence-electron chi connectivity index (χ3n) is 1.57. The van der Waals surface area contributed by atoms with E-state index in [1.54, 1.807) is 14.2 Å². The molecule has 0 aromatic carbocycles. The van der Waals surface area contributed by atoms with Crippen molar-refractivity contribution in [3.8, 4) is 0 Å². The topological polar surface area (TPSA) is 79.5 Å². The molecule has 5 heteroatoms. The summed E-state index contributed by atoms with van der Waals surface area (Å²) in [5.74, 6) is 0. The Bertz CT molecular complexity index is 90.2. The van der Waals surface area contributed by atoms with Crippen molar-refractivity contribution in [2.45, 2.75) is 32.9 Å². The maximum Gasteiger partial charge on any atom is 0.334 e. The number of hydrogen-bond acceptors (Lipinski definition) is 4. The van der Waals surface area contributed by atoms with Crippen LogP contribution in [-0.2, 0) is 8.85 Å². The van der Waals surface area contributed by atoms with Gasteiger partial charge in [-0.25, -0.2) is 0 Å². The molecule has 0 aliphatic heterocycles. The SMILES string of the molecule is CCC[Si](C)(OC)OC.CCN.N. The van der Waals surface area contributed by atoms with Crippen molar-refractivity contribution in [1.82, 2.24) is 6.15 Å². The minimum Gasteiger partial charge on any atom is -0.398 e. The fourth-order valence-electron chi connectivity index (χ4n) is 0.742. The van der Waals surface area contributed by atoms with Gasteiger partial charge < -0.3 is 20.7 Å². The lowest BCUT2D eigenvalue weighted by atomic mass is 10.6. The molecular weight excluding hydrogens is 184 g/mol. The van der Waals surface area contributed by atoms with E-state index in [1.807, 2.05) is 6.92 Å². The van der Waals surface area contributed by atoms with E-state index in [1.165, 1.54) is 0 Å². The summed E-state index contributed by atoms with van der Waals surface area (Å²) >= 11 is 0. The molecule has 0 saturated carbocycles. The number of rotatable bonds is 4. The molecule has 0 rings (SSSR count). The first kappa shape index (κ1) is 18.8. The molecule has 0 saturated heterocycles. The summed E-state index contributed by atoms with van der Waals surface area (Å²) in [4.78, 5) is 0. The van der Waals surface area contributed by atoms with Gasteiger partial charge in [-0.15, -0.1) is 0 Å². The van der Waals surface area contributed by atoms with Gasteiger partial charge in [0.15, 0.2) is 0 Å². The summed E-state index contributed by atoms with van der Waals surface area (Å²) in [7, 11) is 1.76. The van der Waals surface area contributed by atoms with Gasteiger partial charge in [0.1, 0.15) is 0 Å². The van der Waals surface area contributed by atoms with E-state index in [2.05, 4.69) is 13.5 Å². The van der Waals surface area contributed by atoms with Gasteiger partial charge >= 0.3 is 8.56 Å². The summed E-state index contributed by atoms with van der Waals surface area (Å²) in [6, 6.07) is 1.08. The second kappa shape index (κ2) is 12.1. The molecule has 4 nitrogen and oxygen atoms in total. The average Bonchev–Trinajstić information content (AvgIpc) is 2.06. The van der Waals surface area contributed by atoms with Crippen LogP contribution in [-0.4, -0.2) is 29.3 Å². The zero-order valence-electron chi connectivity index (χ0n) is 9.72. The lowest BCUT2D eigenvalue weighted by Gasteiger charge is -2.21. The van der Waals surface area contributed by atoms with E-state index in [4.69, 9.17) is 14.6 Å². The Labute approximate surface area is 83.6 Å². The maximum absolute atomic E-state index is 5.24. The molecule has 0 heterocycles. The smallest absolute Gasteiger partial charge is 0.334 e. The highest BCUT2D eigenvalue weighted by molar-refractivity contribution is 6.65. The predicted octanol–water partition coefficient (Wildman–Crippen LogP) is 1.89. The zero-order valence-corrected chi connectivity index (χ0v) is 10.7. The molecule has 0 spiro atoms. The second-order valence-electron chi connectivity index (χ2n) is 2.70. The molecule has 0 bridgehead atoms. The quantitative estimate of drug-likeness (QED) is 0.694. The highest BCUT2D eigenvalue weighted by Gasteiger charge is 2.26. The Morgan fingerprint density at radius 1 is 1.15 bits per heavy atom. The van der Waals surface area contributed by atoms with Crippen LogP contribution in [0, 0.1) is 0 Å². The van der Waals surface area contributed by atoms with E-state index in [9.17, 15) is 0 Å². The van der Waals surface area contributed by atoms with Gasteiger partial charge in [-0.1, -0.05) is 20.3 Å². The van der Waals surface area contributed by atoms with Gasteiger partial charge in [0.25, 0.3) is 0 Å². The molecule has 0 atom stereocenters. The minimum absolute atomic E-state index is 0. The molecule has 0 radical (unpaired) electrons. The Morgan fingerprint density at radius 3 is 1.54 bits per heavy atom. The normalized spacial score (nSPS) is 9.69. The summed E-state index contributed by atoms with van der Waals surface area (Å²) in [6.45, 7) is 6.87. The monoisotopic (exact) mass is 210 g/mol. The Balaban J connectivity index is -0.000000220. The first-order chi connectivity index (χ1) is 5.60. The molecule has 84 valence electrons. The molecule has 5 N–H and O–H groups in total. The summed E-state index contributed by atoms with van der Waals surface area (Å²) < 4.78 is 10.5. The Kier molecular flexibility index (Phi) is 17.4. The van der Waals surface area contributed by atoms with Crippen LogP contribution in [0.4, 0.5) is 0 Å². The molecule has 0 aliphatic rings. The van der Waals surface area contributed by atoms with Gasteiger partial charge in [0.2, 0.25) is 0 Å². The standard InChI is InChI=1S/C6H16O2Si.C2H7N.H3N/c1-5-6-9(4,7-2)8-3;1-2-3;/h5-6H2,1-4H3;2-3H2,1H3;1H3. The molecule has 0 unspecified atom stereocenters. The van der Waals surface area contributed by atoms with E-state index < -0.39 is 8.56 Å². The number of hydrogen-bond donors (Lipinski definition) is 2. The second-order valence-corrected chi connectivity index (χ2v) is 6.28. The van der Waals surface area contributed by atoms with Crippen molar-refractivity contribution in [2.24, 2.45) is 5.73 Å². The lowest BCUT2D eigenvalue weighted by molar-refractivity contribution is 0.249. The largest absolute Gasteiger partial charge is 0.398 e. The molecular formula is C8H26N2O2Si. The van der Waals surface area contributed by atoms with Gasteiger partial charge in [-0.3, -0.25) is 0 Å². The first-order valence-corrected chi connectivity index (χ1v) is 6.92. The molecule has 0 amide bonds. The summed E-state index contributed by atoms with van der Waals surface area (Å²) in [6.07, 6.45) is 1.14. The van der Waals surface area contributed by atoms with Crippen molar-refractivity contribution >= 4 is 8.56 Å². The van der Waals surface area contributed by atoms with Crippen molar-refractivity contribution in [3.05, 3.63) is 0 Å². The van der Waals surface area contributed by atoms with Gasteiger partial charge in [0, 0.05) is 14.2 Å². The van der Waals surface area contributed by atoms with E-state index >= 15 is 0 Å². The van der Waals surface area contributed by atoms with Crippen LogP contribution < -0.4 is 11.9 Å². The minimum atomic E-state index is -1.70. The van der Waals surface area contributed by atoms with Gasteiger partial charge in [-0.2, -0.15) is 0 Å². The van der Waals surface area contributed by atoms with Crippen LogP contribution >= 0.6 is 0 Å². The van der Waals surface area contributed by atoms with Crippen LogP contribution in [0.1, 0.15) is 20.3 Å². The van der Waals surface area contributed by atoms with Crippen LogP contribution in [0.25, 0.3) is 0 Å². The van der Waals surface area contributed by atoms with Crippen molar-refractivity contribution < 1.29 is 8.85 Å². The van der Waals surface area contributed by atoms with Crippen molar-refractivity contribution in [3.63, 3.8) is 0 Å².